The van der Waals surface area contributed by atoms with Gasteiger partial charge in [0.2, 0.25) is 0 Å². The number of para-hydroxylation sites is 2. The van der Waals surface area contributed by atoms with Gasteiger partial charge in [0, 0.05) is 0 Å². The summed E-state index contributed by atoms with van der Waals surface area (Å²) in [5.41, 5.74) is 2.06. The zero-order valence-corrected chi connectivity index (χ0v) is 17.4. The van der Waals surface area contributed by atoms with Gasteiger partial charge in [-0.1, -0.05) is 42.5 Å². The minimum Gasteiger partial charge on any atom is -0.496 e. The van der Waals surface area contributed by atoms with Crippen LogP contribution in [0.15, 0.2) is 88.8 Å². The molecule has 4 rings (SSSR count). The number of thioether (sulfide) groups is 1. The highest BCUT2D eigenvalue weighted by Crippen LogP contribution is 2.37. The first kappa shape index (κ1) is 20.4. The highest BCUT2D eigenvalue weighted by molar-refractivity contribution is 8.19. The van der Waals surface area contributed by atoms with E-state index in [0.29, 0.717) is 21.3 Å². The first-order valence-corrected chi connectivity index (χ1v) is 10.2. The number of rotatable bonds is 5. The van der Waals surface area contributed by atoms with E-state index in [0.717, 1.165) is 5.69 Å². The average Bonchev–Trinajstić information content (AvgIpc) is 3.09. The normalized spacial score (nSPS) is 16.2. The second kappa shape index (κ2) is 8.89. The van der Waals surface area contributed by atoms with Crippen molar-refractivity contribution in [2.45, 2.75) is 0 Å². The molecular weight excluding hydrogens is 412 g/mol. The van der Waals surface area contributed by atoms with E-state index in [-0.39, 0.29) is 17.2 Å². The fraction of sp³-hybridized carbons (Fsp3) is 0.0417. The van der Waals surface area contributed by atoms with Crippen LogP contribution in [-0.2, 0) is 4.79 Å². The molecule has 3 aromatic rings. The summed E-state index contributed by atoms with van der Waals surface area (Å²) in [6.07, 6.45) is 1.67. The molecule has 7 heteroatoms. The van der Waals surface area contributed by atoms with Gasteiger partial charge in [0.25, 0.3) is 5.91 Å². The van der Waals surface area contributed by atoms with Crippen molar-refractivity contribution in [3.05, 3.63) is 94.9 Å². The van der Waals surface area contributed by atoms with Gasteiger partial charge in [-0.15, -0.1) is 0 Å². The lowest BCUT2D eigenvalue weighted by Gasteiger charge is -2.15. The van der Waals surface area contributed by atoms with E-state index in [4.69, 9.17) is 4.74 Å². The standard InChI is InChI=1S/C24H18N2O4S/c1-30-20-13-12-16(14-19(20)23(28)29)15-21-22(27)26(18-10-6-3-7-11-18)24(31-21)25-17-8-4-2-5-9-17/h2-15H,1H3,(H,28,29). The molecule has 1 amide bonds. The average molecular weight is 430 g/mol. The number of hydrogen-bond donors (Lipinski definition) is 1. The summed E-state index contributed by atoms with van der Waals surface area (Å²) in [6, 6.07) is 23.5. The van der Waals surface area contributed by atoms with Crippen molar-refractivity contribution in [1.29, 1.82) is 0 Å². The van der Waals surface area contributed by atoms with E-state index in [1.54, 1.807) is 23.1 Å². The predicted molar refractivity (Wildman–Crippen MR) is 123 cm³/mol. The molecule has 154 valence electrons. The molecule has 1 aliphatic rings. The molecule has 0 radical (unpaired) electrons. The number of amidine groups is 1. The number of anilines is 1. The van der Waals surface area contributed by atoms with Crippen LogP contribution >= 0.6 is 11.8 Å². The Morgan fingerprint density at radius 2 is 1.71 bits per heavy atom. The zero-order valence-electron chi connectivity index (χ0n) is 16.6. The summed E-state index contributed by atoms with van der Waals surface area (Å²) in [4.78, 5) is 31.5. The van der Waals surface area contributed by atoms with Crippen LogP contribution in [0, 0.1) is 0 Å². The molecule has 0 unspecified atom stereocenters. The highest BCUT2D eigenvalue weighted by Gasteiger charge is 2.34. The SMILES string of the molecule is COc1ccc(C=C2SC(=Nc3ccccc3)N(c3ccccc3)C2=O)cc1C(=O)O. The summed E-state index contributed by atoms with van der Waals surface area (Å²) in [6.45, 7) is 0. The second-order valence-corrected chi connectivity index (χ2v) is 7.59. The molecule has 1 heterocycles. The molecule has 0 aliphatic carbocycles. The molecule has 31 heavy (non-hydrogen) atoms. The van der Waals surface area contributed by atoms with Gasteiger partial charge < -0.3 is 9.84 Å². The molecule has 0 spiro atoms. The third-order valence-electron chi connectivity index (χ3n) is 4.55. The summed E-state index contributed by atoms with van der Waals surface area (Å²) in [7, 11) is 1.42. The Morgan fingerprint density at radius 1 is 1.03 bits per heavy atom. The summed E-state index contributed by atoms with van der Waals surface area (Å²) < 4.78 is 5.11. The number of carbonyl (C=O) groups excluding carboxylic acids is 1. The van der Waals surface area contributed by atoms with Crippen LogP contribution in [0.2, 0.25) is 0 Å². The Hall–Kier alpha value is -3.84. The van der Waals surface area contributed by atoms with E-state index in [1.807, 2.05) is 60.7 Å². The molecule has 1 fully saturated rings. The van der Waals surface area contributed by atoms with E-state index < -0.39 is 5.97 Å². The molecular formula is C24H18N2O4S. The number of benzene rings is 3. The number of amides is 1. The summed E-state index contributed by atoms with van der Waals surface area (Å²) in [5, 5.41) is 9.96. The lowest BCUT2D eigenvalue weighted by molar-refractivity contribution is -0.113. The van der Waals surface area contributed by atoms with Crippen LogP contribution in [0.25, 0.3) is 6.08 Å². The molecule has 0 saturated carbocycles. The Balaban J connectivity index is 1.76. The topological polar surface area (TPSA) is 79.2 Å². The van der Waals surface area contributed by atoms with Crippen LogP contribution in [0.1, 0.15) is 15.9 Å². The predicted octanol–water partition coefficient (Wildman–Crippen LogP) is 5.20. The van der Waals surface area contributed by atoms with Gasteiger partial charge in [-0.25, -0.2) is 9.79 Å². The maximum atomic E-state index is 13.3. The molecule has 1 aliphatic heterocycles. The van der Waals surface area contributed by atoms with Gasteiger partial charge in [0.05, 0.1) is 23.4 Å². The first-order chi connectivity index (χ1) is 15.1. The smallest absolute Gasteiger partial charge is 0.339 e. The van der Waals surface area contributed by atoms with Crippen molar-refractivity contribution >= 4 is 46.3 Å². The van der Waals surface area contributed by atoms with E-state index in [9.17, 15) is 14.7 Å². The molecule has 0 bridgehead atoms. The highest BCUT2D eigenvalue weighted by atomic mass is 32.2. The van der Waals surface area contributed by atoms with Crippen LogP contribution in [-0.4, -0.2) is 29.3 Å². The maximum absolute atomic E-state index is 13.3. The van der Waals surface area contributed by atoms with Crippen LogP contribution in [0.4, 0.5) is 11.4 Å². The number of aliphatic imine (C=N–C) groups is 1. The van der Waals surface area contributed by atoms with Crippen molar-refractivity contribution in [3.8, 4) is 5.75 Å². The van der Waals surface area contributed by atoms with E-state index in [1.165, 1.54) is 24.9 Å². The van der Waals surface area contributed by atoms with Crippen molar-refractivity contribution in [1.82, 2.24) is 0 Å². The van der Waals surface area contributed by atoms with Gasteiger partial charge in [0.15, 0.2) is 5.17 Å². The number of carboxylic acid groups (broad SMARTS) is 1. The number of hydrogen-bond acceptors (Lipinski definition) is 5. The number of carboxylic acids is 1. The lowest BCUT2D eigenvalue weighted by atomic mass is 10.1. The maximum Gasteiger partial charge on any atom is 0.339 e. The molecule has 6 nitrogen and oxygen atoms in total. The molecule has 0 aromatic heterocycles. The van der Waals surface area contributed by atoms with Gasteiger partial charge >= 0.3 is 5.97 Å². The van der Waals surface area contributed by atoms with Crippen LogP contribution in [0.3, 0.4) is 0 Å². The van der Waals surface area contributed by atoms with Gasteiger partial charge in [-0.05, 0) is 59.8 Å². The van der Waals surface area contributed by atoms with E-state index in [2.05, 4.69) is 4.99 Å². The third kappa shape index (κ3) is 4.36. The monoisotopic (exact) mass is 430 g/mol. The minimum absolute atomic E-state index is 0.0328. The third-order valence-corrected chi connectivity index (χ3v) is 5.52. The van der Waals surface area contributed by atoms with Crippen molar-refractivity contribution in [2.75, 3.05) is 12.0 Å². The van der Waals surface area contributed by atoms with Crippen molar-refractivity contribution < 1.29 is 19.4 Å². The Kier molecular flexibility index (Phi) is 5.86. The molecule has 3 aromatic carbocycles. The summed E-state index contributed by atoms with van der Waals surface area (Å²) >= 11 is 1.24. The lowest BCUT2D eigenvalue weighted by Crippen LogP contribution is -2.28. The Labute approximate surface area is 183 Å². The fourth-order valence-corrected chi connectivity index (χ4v) is 4.10. The minimum atomic E-state index is -1.10. The number of ether oxygens (including phenoxy) is 1. The van der Waals surface area contributed by atoms with Crippen molar-refractivity contribution in [2.24, 2.45) is 4.99 Å². The van der Waals surface area contributed by atoms with E-state index >= 15 is 0 Å². The number of methoxy groups -OCH3 is 1. The largest absolute Gasteiger partial charge is 0.496 e. The zero-order chi connectivity index (χ0) is 21.8. The quantitative estimate of drug-likeness (QED) is 0.563. The Bertz CT molecular complexity index is 1190. The van der Waals surface area contributed by atoms with Crippen molar-refractivity contribution in [3.63, 3.8) is 0 Å². The number of aromatic carboxylic acids is 1. The van der Waals surface area contributed by atoms with Gasteiger partial charge in [-0.3, -0.25) is 9.69 Å². The van der Waals surface area contributed by atoms with Crippen LogP contribution < -0.4 is 9.64 Å². The molecule has 1 saturated heterocycles. The number of carbonyl (C=O) groups is 2. The molecule has 0 atom stereocenters. The molecule has 1 N–H and O–H groups in total. The fourth-order valence-electron chi connectivity index (χ4n) is 3.10. The first-order valence-electron chi connectivity index (χ1n) is 9.41. The van der Waals surface area contributed by atoms with Gasteiger partial charge in [-0.2, -0.15) is 0 Å². The van der Waals surface area contributed by atoms with Crippen LogP contribution in [0.5, 0.6) is 5.75 Å². The second-order valence-electron chi connectivity index (χ2n) is 6.58. The number of nitrogens with zero attached hydrogens (tertiary/aromatic N) is 2. The Morgan fingerprint density at radius 3 is 2.35 bits per heavy atom. The summed E-state index contributed by atoms with van der Waals surface area (Å²) in [5.74, 6) is -1.06. The van der Waals surface area contributed by atoms with Gasteiger partial charge in [0.1, 0.15) is 11.3 Å².